The normalized spacial score (nSPS) is 16.3. The summed E-state index contributed by atoms with van der Waals surface area (Å²) < 4.78 is 53.5. The lowest BCUT2D eigenvalue weighted by Crippen LogP contribution is -2.41. The average Bonchev–Trinajstić information content (AvgIpc) is 3.34. The zero-order valence-electron chi connectivity index (χ0n) is 18.8. The SMILES string of the molecule is Cc1ccc(F)c(S(=O)(=O)Nc2ccc(-c3nc(OC[C@H]4CNCCO4)c4cn[nH]c4n3)cc2)c1. The smallest absolute Gasteiger partial charge is 0.264 e. The topological polar surface area (TPSA) is 131 Å². The standard InChI is InChI=1S/C23H23FN6O4S/c1-14-2-7-19(24)20(10-14)35(31,32)30-16-5-3-15(4-6-16)21-27-22-18(12-26-29-22)23(28-21)34-13-17-11-25-8-9-33-17/h2-7,10,12,17,25,30H,8-9,11,13H2,1H3,(H,26,27,28,29)/t17-/m1/s1. The second-order valence-corrected chi connectivity index (χ2v) is 9.76. The summed E-state index contributed by atoms with van der Waals surface area (Å²) in [5.74, 6) is -0.0749. The summed E-state index contributed by atoms with van der Waals surface area (Å²) >= 11 is 0. The molecule has 1 fully saturated rings. The Balaban J connectivity index is 1.37. The molecule has 4 aromatic rings. The zero-order chi connectivity index (χ0) is 24.4. The lowest BCUT2D eigenvalue weighted by molar-refractivity contribution is -0.000382. The number of hydrogen-bond acceptors (Lipinski definition) is 8. The van der Waals surface area contributed by atoms with Crippen LogP contribution in [0.3, 0.4) is 0 Å². The van der Waals surface area contributed by atoms with E-state index in [1.54, 1.807) is 37.4 Å². The molecule has 0 aliphatic carbocycles. The maximum absolute atomic E-state index is 14.1. The highest BCUT2D eigenvalue weighted by atomic mass is 32.2. The molecule has 2 aromatic carbocycles. The molecule has 0 bridgehead atoms. The maximum atomic E-state index is 14.1. The van der Waals surface area contributed by atoms with Crippen molar-refractivity contribution in [1.29, 1.82) is 0 Å². The number of nitrogens with one attached hydrogen (secondary N) is 3. The number of benzene rings is 2. The van der Waals surface area contributed by atoms with Gasteiger partial charge in [0.15, 0.2) is 11.5 Å². The molecule has 1 atom stereocenters. The van der Waals surface area contributed by atoms with E-state index in [2.05, 4.69) is 30.2 Å². The van der Waals surface area contributed by atoms with Crippen LogP contribution in [0, 0.1) is 12.7 Å². The zero-order valence-corrected chi connectivity index (χ0v) is 19.6. The monoisotopic (exact) mass is 498 g/mol. The molecular weight excluding hydrogens is 475 g/mol. The fraction of sp³-hybridized carbons (Fsp3) is 0.261. The van der Waals surface area contributed by atoms with Gasteiger partial charge in [-0.1, -0.05) is 6.07 Å². The first-order valence-corrected chi connectivity index (χ1v) is 12.4. The lowest BCUT2D eigenvalue weighted by Gasteiger charge is -2.23. The van der Waals surface area contributed by atoms with Gasteiger partial charge in [-0.25, -0.2) is 17.8 Å². The summed E-state index contributed by atoms with van der Waals surface area (Å²) in [5.41, 5.74) is 2.05. The number of aromatic amines is 1. The number of rotatable bonds is 7. The van der Waals surface area contributed by atoms with Gasteiger partial charge >= 0.3 is 0 Å². The quantitative estimate of drug-likeness (QED) is 0.354. The van der Waals surface area contributed by atoms with E-state index in [9.17, 15) is 12.8 Å². The molecule has 1 saturated heterocycles. The lowest BCUT2D eigenvalue weighted by atomic mass is 10.2. The Kier molecular flexibility index (Phi) is 6.32. The highest BCUT2D eigenvalue weighted by molar-refractivity contribution is 7.92. The van der Waals surface area contributed by atoms with Gasteiger partial charge in [-0.15, -0.1) is 0 Å². The van der Waals surface area contributed by atoms with Crippen molar-refractivity contribution in [3.8, 4) is 17.3 Å². The van der Waals surface area contributed by atoms with Crippen LogP contribution < -0.4 is 14.8 Å². The van der Waals surface area contributed by atoms with E-state index in [0.29, 0.717) is 53.6 Å². The van der Waals surface area contributed by atoms with Gasteiger partial charge in [0.25, 0.3) is 10.0 Å². The van der Waals surface area contributed by atoms with E-state index >= 15 is 0 Å². The maximum Gasteiger partial charge on any atom is 0.264 e. The van der Waals surface area contributed by atoms with Crippen LogP contribution in [0.4, 0.5) is 10.1 Å². The van der Waals surface area contributed by atoms with Crippen LogP contribution in [-0.2, 0) is 14.8 Å². The Morgan fingerprint density at radius 3 is 2.80 bits per heavy atom. The van der Waals surface area contributed by atoms with Crippen LogP contribution in [0.2, 0.25) is 0 Å². The molecule has 2 aromatic heterocycles. The van der Waals surface area contributed by atoms with Crippen LogP contribution in [0.15, 0.2) is 53.6 Å². The first kappa shape index (κ1) is 23.1. The van der Waals surface area contributed by atoms with Gasteiger partial charge in [-0.05, 0) is 48.9 Å². The fourth-order valence-electron chi connectivity index (χ4n) is 3.66. The first-order valence-electron chi connectivity index (χ1n) is 10.9. The van der Waals surface area contributed by atoms with E-state index < -0.39 is 20.7 Å². The number of anilines is 1. The number of sulfonamides is 1. The van der Waals surface area contributed by atoms with Crippen LogP contribution in [-0.4, -0.2) is 61.0 Å². The first-order chi connectivity index (χ1) is 16.9. The van der Waals surface area contributed by atoms with E-state index in [-0.39, 0.29) is 11.8 Å². The molecule has 10 nitrogen and oxygen atoms in total. The molecule has 1 aliphatic heterocycles. The average molecular weight is 499 g/mol. The minimum atomic E-state index is -4.10. The predicted molar refractivity (Wildman–Crippen MR) is 127 cm³/mol. The van der Waals surface area contributed by atoms with Crippen molar-refractivity contribution in [2.45, 2.75) is 17.9 Å². The van der Waals surface area contributed by atoms with Gasteiger partial charge in [0.2, 0.25) is 5.88 Å². The molecule has 12 heteroatoms. The van der Waals surface area contributed by atoms with Crippen LogP contribution in [0.1, 0.15) is 5.56 Å². The number of fused-ring (bicyclic) bond motifs is 1. The van der Waals surface area contributed by atoms with Gasteiger partial charge in [0, 0.05) is 24.3 Å². The van der Waals surface area contributed by atoms with Crippen molar-refractivity contribution in [2.75, 3.05) is 31.0 Å². The Hall–Kier alpha value is -3.61. The number of H-pyrrole nitrogens is 1. The molecule has 3 heterocycles. The summed E-state index contributed by atoms with van der Waals surface area (Å²) in [6.07, 6.45) is 1.51. The molecule has 0 unspecified atom stereocenters. The number of morpholine rings is 1. The summed E-state index contributed by atoms with van der Waals surface area (Å²) in [7, 11) is -4.10. The minimum absolute atomic E-state index is 0.0883. The highest BCUT2D eigenvalue weighted by Gasteiger charge is 2.20. The Labute approximate surface area is 201 Å². The number of hydrogen-bond donors (Lipinski definition) is 3. The van der Waals surface area contributed by atoms with Gasteiger partial charge in [0.1, 0.15) is 28.8 Å². The van der Waals surface area contributed by atoms with Gasteiger partial charge in [-0.2, -0.15) is 10.1 Å². The highest BCUT2D eigenvalue weighted by Crippen LogP contribution is 2.27. The van der Waals surface area contributed by atoms with Crippen molar-refractivity contribution >= 4 is 26.7 Å². The molecule has 0 spiro atoms. The van der Waals surface area contributed by atoms with E-state index in [1.807, 2.05) is 0 Å². The van der Waals surface area contributed by atoms with E-state index in [1.165, 1.54) is 12.1 Å². The third kappa shape index (κ3) is 5.09. The van der Waals surface area contributed by atoms with E-state index in [4.69, 9.17) is 9.47 Å². The number of halogens is 1. The molecule has 182 valence electrons. The molecule has 0 amide bonds. The second-order valence-electron chi connectivity index (χ2n) is 8.11. The number of aryl methyl sites for hydroxylation is 1. The number of aromatic nitrogens is 4. The molecule has 0 radical (unpaired) electrons. The molecular formula is C23H23FN6O4S. The van der Waals surface area contributed by atoms with E-state index in [0.717, 1.165) is 12.6 Å². The molecule has 0 saturated carbocycles. The van der Waals surface area contributed by atoms with Crippen LogP contribution in [0.25, 0.3) is 22.4 Å². The van der Waals surface area contributed by atoms with Gasteiger partial charge in [-0.3, -0.25) is 9.82 Å². The Morgan fingerprint density at radius 1 is 1.20 bits per heavy atom. The molecule has 5 rings (SSSR count). The van der Waals surface area contributed by atoms with Gasteiger partial charge < -0.3 is 14.8 Å². The number of ether oxygens (including phenoxy) is 2. The third-order valence-electron chi connectivity index (χ3n) is 5.46. The summed E-state index contributed by atoms with van der Waals surface area (Å²) in [5, 5.41) is 10.7. The van der Waals surface area contributed by atoms with Crippen molar-refractivity contribution < 1.29 is 22.3 Å². The fourth-order valence-corrected chi connectivity index (χ4v) is 4.88. The van der Waals surface area contributed by atoms with Crippen LogP contribution in [0.5, 0.6) is 5.88 Å². The van der Waals surface area contributed by atoms with Crippen LogP contribution >= 0.6 is 0 Å². The van der Waals surface area contributed by atoms with Gasteiger partial charge in [0.05, 0.1) is 12.8 Å². The van der Waals surface area contributed by atoms with Crippen molar-refractivity contribution in [3.05, 3.63) is 60.0 Å². The predicted octanol–water partition coefficient (Wildman–Crippen LogP) is 2.64. The Morgan fingerprint density at radius 2 is 2.03 bits per heavy atom. The number of nitrogens with zero attached hydrogens (tertiary/aromatic N) is 3. The molecule has 3 N–H and O–H groups in total. The third-order valence-corrected chi connectivity index (χ3v) is 6.85. The van der Waals surface area contributed by atoms with Crippen molar-refractivity contribution in [2.24, 2.45) is 0 Å². The second kappa shape index (κ2) is 9.56. The minimum Gasteiger partial charge on any atom is -0.474 e. The molecule has 1 aliphatic rings. The summed E-state index contributed by atoms with van der Waals surface area (Å²) in [6.45, 7) is 4.14. The summed E-state index contributed by atoms with van der Waals surface area (Å²) in [6, 6.07) is 10.4. The largest absolute Gasteiger partial charge is 0.474 e. The molecule has 35 heavy (non-hydrogen) atoms. The van der Waals surface area contributed by atoms with Crippen molar-refractivity contribution in [1.82, 2.24) is 25.5 Å². The summed E-state index contributed by atoms with van der Waals surface area (Å²) in [4.78, 5) is 8.63. The van der Waals surface area contributed by atoms with Crippen molar-refractivity contribution in [3.63, 3.8) is 0 Å². The Bertz CT molecular complexity index is 1450.